The zero-order valence-electron chi connectivity index (χ0n) is 25.0. The van der Waals surface area contributed by atoms with E-state index in [2.05, 4.69) is 10.6 Å². The van der Waals surface area contributed by atoms with Crippen LogP contribution in [0.4, 0.5) is 4.79 Å². The normalized spacial score (nSPS) is 16.1. The smallest absolute Gasteiger partial charge is 0.408 e. The van der Waals surface area contributed by atoms with Crippen LogP contribution in [0.15, 0.2) is 18.2 Å². The highest BCUT2D eigenvalue weighted by molar-refractivity contribution is 5.95. The zero-order valence-corrected chi connectivity index (χ0v) is 25.0. The summed E-state index contributed by atoms with van der Waals surface area (Å²) in [7, 11) is 0. The van der Waals surface area contributed by atoms with Gasteiger partial charge in [0, 0.05) is 11.6 Å². The lowest BCUT2D eigenvalue weighted by atomic mass is 9.88. The van der Waals surface area contributed by atoms with Crippen LogP contribution in [-0.2, 0) is 19.1 Å². The molecule has 1 fully saturated rings. The van der Waals surface area contributed by atoms with Gasteiger partial charge in [-0.15, -0.1) is 0 Å². The van der Waals surface area contributed by atoms with Crippen LogP contribution in [0, 0.1) is 13.8 Å². The van der Waals surface area contributed by atoms with Gasteiger partial charge in [0.1, 0.15) is 17.7 Å². The van der Waals surface area contributed by atoms with Gasteiger partial charge in [0.05, 0.1) is 6.42 Å². The van der Waals surface area contributed by atoms with Crippen LogP contribution in [-0.4, -0.2) is 51.9 Å². The maximum absolute atomic E-state index is 14.4. The van der Waals surface area contributed by atoms with E-state index in [1.165, 1.54) is 4.90 Å². The number of hydrogen-bond acceptors (Lipinski definition) is 5. The van der Waals surface area contributed by atoms with E-state index >= 15 is 0 Å². The number of nitrogens with zero attached hydrogens (tertiary/aromatic N) is 1. The van der Waals surface area contributed by atoms with Crippen molar-refractivity contribution in [1.29, 1.82) is 0 Å². The molecule has 4 N–H and O–H groups in total. The predicted molar refractivity (Wildman–Crippen MR) is 152 cm³/mol. The molecule has 2 atom stereocenters. The van der Waals surface area contributed by atoms with E-state index in [9.17, 15) is 19.2 Å². The topological polar surface area (TPSA) is 131 Å². The standard InChI is InChI=1S/C30H48N4O5/c1-9-30(7,8)34(27(37)23(18-24(31)35)33-28(38)39-29(4,5)6)25(22-17-19(2)15-16-20(22)3)26(36)32-21-13-11-10-12-14-21/h15-17,21,23,25H,9-14,18H2,1-8H3,(H2,31,35)(H,32,36)(H,33,38). The Balaban J connectivity index is 2.63. The molecule has 0 radical (unpaired) electrons. The molecule has 0 spiro atoms. The average molecular weight is 545 g/mol. The Kier molecular flexibility index (Phi) is 11.0. The molecule has 0 heterocycles. The molecule has 9 nitrogen and oxygen atoms in total. The molecule has 1 aliphatic rings. The molecule has 1 saturated carbocycles. The Morgan fingerprint density at radius 2 is 1.67 bits per heavy atom. The summed E-state index contributed by atoms with van der Waals surface area (Å²) >= 11 is 0. The van der Waals surface area contributed by atoms with Crippen LogP contribution in [0.5, 0.6) is 0 Å². The summed E-state index contributed by atoms with van der Waals surface area (Å²) in [4.78, 5) is 54.8. The first-order valence-corrected chi connectivity index (χ1v) is 14.0. The number of carbonyl (C=O) groups excluding carboxylic acids is 4. The number of aryl methyl sites for hydroxylation is 2. The van der Waals surface area contributed by atoms with E-state index in [-0.39, 0.29) is 11.9 Å². The number of primary amides is 1. The summed E-state index contributed by atoms with van der Waals surface area (Å²) in [6.45, 7) is 14.7. The molecular weight excluding hydrogens is 496 g/mol. The Bertz CT molecular complexity index is 1040. The SMILES string of the molecule is CCC(C)(C)N(C(=O)C(CC(N)=O)NC(=O)OC(C)(C)C)C(C(=O)NC1CCCCC1)c1cc(C)ccc1C. The average Bonchev–Trinajstić information content (AvgIpc) is 2.82. The minimum Gasteiger partial charge on any atom is -0.444 e. The van der Waals surface area contributed by atoms with Gasteiger partial charge in [-0.3, -0.25) is 14.4 Å². The van der Waals surface area contributed by atoms with Gasteiger partial charge in [0.15, 0.2) is 0 Å². The maximum atomic E-state index is 14.4. The summed E-state index contributed by atoms with van der Waals surface area (Å²) in [5.41, 5.74) is 6.40. The molecular formula is C30H48N4O5. The van der Waals surface area contributed by atoms with E-state index in [0.29, 0.717) is 12.0 Å². The van der Waals surface area contributed by atoms with E-state index in [1.54, 1.807) is 20.8 Å². The maximum Gasteiger partial charge on any atom is 0.408 e. The second kappa shape index (κ2) is 13.3. The summed E-state index contributed by atoms with van der Waals surface area (Å²) < 4.78 is 5.37. The van der Waals surface area contributed by atoms with Crippen LogP contribution in [0.3, 0.4) is 0 Å². The van der Waals surface area contributed by atoms with Gasteiger partial charge in [0.2, 0.25) is 17.7 Å². The number of amides is 4. The lowest BCUT2D eigenvalue weighted by Crippen LogP contribution is -2.60. The summed E-state index contributed by atoms with van der Waals surface area (Å²) in [6, 6.07) is 3.57. The molecule has 4 amide bonds. The third-order valence-electron chi connectivity index (χ3n) is 7.34. The number of alkyl carbamates (subject to hydrolysis) is 1. The van der Waals surface area contributed by atoms with Crippen LogP contribution >= 0.6 is 0 Å². The lowest BCUT2D eigenvalue weighted by molar-refractivity contribution is -0.150. The van der Waals surface area contributed by atoms with Gasteiger partial charge in [-0.1, -0.05) is 49.9 Å². The predicted octanol–water partition coefficient (Wildman–Crippen LogP) is 4.58. The minimum absolute atomic E-state index is 0.0295. The van der Waals surface area contributed by atoms with Crippen molar-refractivity contribution < 1.29 is 23.9 Å². The molecule has 2 rings (SSSR count). The van der Waals surface area contributed by atoms with Crippen LogP contribution in [0.2, 0.25) is 0 Å². The second-order valence-electron chi connectivity index (χ2n) is 12.3. The van der Waals surface area contributed by atoms with Crippen molar-refractivity contribution in [3.8, 4) is 0 Å². The number of benzene rings is 1. The van der Waals surface area contributed by atoms with Gasteiger partial charge < -0.3 is 26.0 Å². The van der Waals surface area contributed by atoms with Crippen LogP contribution in [0.1, 0.15) is 109 Å². The minimum atomic E-state index is -1.31. The van der Waals surface area contributed by atoms with Crippen LogP contribution in [0.25, 0.3) is 0 Å². The van der Waals surface area contributed by atoms with Gasteiger partial charge in [0.25, 0.3) is 0 Å². The van der Waals surface area contributed by atoms with Crippen molar-refractivity contribution in [3.63, 3.8) is 0 Å². The molecule has 0 aliphatic heterocycles. The Morgan fingerprint density at radius 3 is 2.21 bits per heavy atom. The molecule has 0 bridgehead atoms. The van der Waals surface area contributed by atoms with E-state index in [0.717, 1.165) is 43.2 Å². The summed E-state index contributed by atoms with van der Waals surface area (Å²) in [5, 5.41) is 5.76. The fourth-order valence-electron chi connectivity index (χ4n) is 4.94. The van der Waals surface area contributed by atoms with Crippen molar-refractivity contribution in [2.45, 2.75) is 130 Å². The highest BCUT2D eigenvalue weighted by Gasteiger charge is 2.44. The van der Waals surface area contributed by atoms with E-state index < -0.39 is 47.6 Å². The lowest BCUT2D eigenvalue weighted by Gasteiger charge is -2.45. The first-order valence-electron chi connectivity index (χ1n) is 14.0. The molecule has 218 valence electrons. The fourth-order valence-corrected chi connectivity index (χ4v) is 4.94. The molecule has 39 heavy (non-hydrogen) atoms. The quantitative estimate of drug-likeness (QED) is 0.397. The Labute approximate surface area is 233 Å². The molecule has 2 unspecified atom stereocenters. The second-order valence-corrected chi connectivity index (χ2v) is 12.3. The van der Waals surface area contributed by atoms with Crippen LogP contribution < -0.4 is 16.4 Å². The molecule has 1 aliphatic carbocycles. The number of nitrogens with one attached hydrogen (secondary N) is 2. The van der Waals surface area contributed by atoms with E-state index in [4.69, 9.17) is 10.5 Å². The largest absolute Gasteiger partial charge is 0.444 e. The first-order chi connectivity index (χ1) is 18.1. The van der Waals surface area contributed by atoms with Gasteiger partial charge >= 0.3 is 6.09 Å². The molecule has 1 aromatic rings. The van der Waals surface area contributed by atoms with Crippen molar-refractivity contribution in [1.82, 2.24) is 15.5 Å². The summed E-state index contributed by atoms with van der Waals surface area (Å²) in [5.74, 6) is -1.61. The number of carbonyl (C=O) groups is 4. The monoisotopic (exact) mass is 544 g/mol. The molecule has 0 aromatic heterocycles. The highest BCUT2D eigenvalue weighted by Crippen LogP contribution is 2.35. The molecule has 1 aromatic carbocycles. The van der Waals surface area contributed by atoms with Gasteiger partial charge in [-0.05, 0) is 78.9 Å². The van der Waals surface area contributed by atoms with Crippen molar-refractivity contribution in [2.24, 2.45) is 5.73 Å². The Hall–Kier alpha value is -3.10. The third kappa shape index (κ3) is 9.25. The molecule has 9 heteroatoms. The summed E-state index contributed by atoms with van der Waals surface area (Å²) in [6.07, 6.45) is 4.26. The van der Waals surface area contributed by atoms with Crippen molar-refractivity contribution >= 4 is 23.8 Å². The van der Waals surface area contributed by atoms with E-state index in [1.807, 2.05) is 52.8 Å². The number of ether oxygens (including phenoxy) is 1. The fraction of sp³-hybridized carbons (Fsp3) is 0.667. The number of hydrogen-bond donors (Lipinski definition) is 3. The van der Waals surface area contributed by atoms with Crippen molar-refractivity contribution in [3.05, 3.63) is 34.9 Å². The zero-order chi connectivity index (χ0) is 29.5. The highest BCUT2D eigenvalue weighted by atomic mass is 16.6. The van der Waals surface area contributed by atoms with Gasteiger partial charge in [-0.2, -0.15) is 0 Å². The third-order valence-corrected chi connectivity index (χ3v) is 7.34. The first kappa shape index (κ1) is 32.1. The van der Waals surface area contributed by atoms with Gasteiger partial charge in [-0.25, -0.2) is 4.79 Å². The van der Waals surface area contributed by atoms with Crippen molar-refractivity contribution in [2.75, 3.05) is 0 Å². The molecule has 0 saturated heterocycles. The number of rotatable bonds is 10. The Morgan fingerprint density at radius 1 is 1.05 bits per heavy atom. The number of nitrogens with two attached hydrogens (primary N) is 1.